The third-order valence-corrected chi connectivity index (χ3v) is 5.56. The second-order valence-electron chi connectivity index (χ2n) is 6.26. The van der Waals surface area contributed by atoms with E-state index in [-0.39, 0.29) is 11.5 Å². The molecule has 0 spiro atoms. The van der Waals surface area contributed by atoms with E-state index in [1.807, 2.05) is 48.5 Å². The molecule has 1 N–H and O–H groups in total. The predicted molar refractivity (Wildman–Crippen MR) is 114 cm³/mol. The molecule has 0 saturated heterocycles. The Bertz CT molecular complexity index is 1160. The number of thioether (sulfide) groups is 1. The van der Waals surface area contributed by atoms with Crippen LogP contribution in [0, 0.1) is 0 Å². The SMILES string of the molecule is CN(C1=NC(=O)/C(=C/c2cccc3ccccc23)S1)c1ccccc1C(=O)O. The van der Waals surface area contributed by atoms with E-state index >= 15 is 0 Å². The molecular formula is C22H16N2O3S. The number of hydrogen-bond acceptors (Lipinski definition) is 4. The van der Waals surface area contributed by atoms with Crippen molar-refractivity contribution < 1.29 is 14.7 Å². The molecule has 0 saturated carbocycles. The van der Waals surface area contributed by atoms with Crippen LogP contribution in [0.25, 0.3) is 16.8 Å². The number of nitrogens with zero attached hydrogens (tertiary/aromatic N) is 2. The second kappa shape index (κ2) is 7.32. The van der Waals surface area contributed by atoms with Gasteiger partial charge < -0.3 is 10.0 Å². The zero-order valence-corrected chi connectivity index (χ0v) is 15.8. The van der Waals surface area contributed by atoms with Gasteiger partial charge in [-0.25, -0.2) is 4.79 Å². The number of rotatable bonds is 3. The highest BCUT2D eigenvalue weighted by Crippen LogP contribution is 2.34. The Morgan fingerprint density at radius 2 is 1.75 bits per heavy atom. The van der Waals surface area contributed by atoms with E-state index in [1.54, 1.807) is 30.1 Å². The molecule has 1 heterocycles. The van der Waals surface area contributed by atoms with Crippen LogP contribution in [0.2, 0.25) is 0 Å². The number of carbonyl (C=O) groups excluding carboxylic acids is 1. The monoisotopic (exact) mass is 388 g/mol. The standard InChI is InChI=1S/C22H16N2O3S/c1-24(18-12-5-4-11-17(18)21(26)27)22-23-20(25)19(28-22)13-15-9-6-8-14-7-2-3-10-16(14)15/h2-13H,1H3,(H,26,27)/b19-13-. The van der Waals surface area contributed by atoms with Crippen molar-refractivity contribution in [3.8, 4) is 0 Å². The number of carbonyl (C=O) groups is 2. The molecule has 28 heavy (non-hydrogen) atoms. The van der Waals surface area contributed by atoms with Gasteiger partial charge in [0.05, 0.1) is 16.2 Å². The molecule has 1 amide bonds. The number of aromatic carboxylic acids is 1. The zero-order valence-electron chi connectivity index (χ0n) is 15.0. The number of anilines is 1. The smallest absolute Gasteiger partial charge is 0.337 e. The quantitative estimate of drug-likeness (QED) is 0.662. The Morgan fingerprint density at radius 1 is 1.04 bits per heavy atom. The summed E-state index contributed by atoms with van der Waals surface area (Å²) < 4.78 is 0. The van der Waals surface area contributed by atoms with Gasteiger partial charge in [0.25, 0.3) is 5.91 Å². The van der Waals surface area contributed by atoms with E-state index in [1.165, 1.54) is 17.8 Å². The van der Waals surface area contributed by atoms with Crippen molar-refractivity contribution in [2.45, 2.75) is 0 Å². The summed E-state index contributed by atoms with van der Waals surface area (Å²) >= 11 is 1.24. The van der Waals surface area contributed by atoms with Crippen molar-refractivity contribution in [3.05, 3.63) is 82.8 Å². The lowest BCUT2D eigenvalue weighted by molar-refractivity contribution is -0.113. The number of para-hydroxylation sites is 1. The molecule has 0 aromatic heterocycles. The van der Waals surface area contributed by atoms with Crippen molar-refractivity contribution in [3.63, 3.8) is 0 Å². The zero-order chi connectivity index (χ0) is 19.7. The summed E-state index contributed by atoms with van der Waals surface area (Å²) in [5, 5.41) is 12.0. The fourth-order valence-electron chi connectivity index (χ4n) is 3.11. The lowest BCUT2D eigenvalue weighted by atomic mass is 10.0. The molecule has 0 atom stereocenters. The van der Waals surface area contributed by atoms with Gasteiger partial charge in [0.2, 0.25) is 0 Å². The van der Waals surface area contributed by atoms with Crippen molar-refractivity contribution in [2.24, 2.45) is 4.99 Å². The molecule has 5 nitrogen and oxygen atoms in total. The number of aliphatic imine (C=N–C) groups is 1. The van der Waals surface area contributed by atoms with Crippen LogP contribution in [-0.2, 0) is 4.79 Å². The summed E-state index contributed by atoms with van der Waals surface area (Å²) in [7, 11) is 1.71. The average molecular weight is 388 g/mol. The van der Waals surface area contributed by atoms with Gasteiger partial charge in [0, 0.05) is 7.05 Å². The first-order valence-corrected chi connectivity index (χ1v) is 9.42. The van der Waals surface area contributed by atoms with Crippen molar-refractivity contribution in [1.82, 2.24) is 0 Å². The second-order valence-corrected chi connectivity index (χ2v) is 7.27. The lowest BCUT2D eigenvalue weighted by Crippen LogP contribution is -2.24. The van der Waals surface area contributed by atoms with Gasteiger partial charge in [-0.15, -0.1) is 0 Å². The minimum absolute atomic E-state index is 0.159. The molecule has 0 radical (unpaired) electrons. The molecule has 0 bridgehead atoms. The number of amidine groups is 1. The summed E-state index contributed by atoms with van der Waals surface area (Å²) in [4.78, 5) is 30.2. The van der Waals surface area contributed by atoms with Crippen molar-refractivity contribution >= 4 is 51.3 Å². The molecule has 1 aliphatic heterocycles. The normalized spacial score (nSPS) is 15.1. The molecule has 3 aromatic rings. The first-order valence-electron chi connectivity index (χ1n) is 8.61. The van der Waals surface area contributed by atoms with E-state index in [0.29, 0.717) is 15.8 Å². The third kappa shape index (κ3) is 3.30. The number of fused-ring (bicyclic) bond motifs is 1. The van der Waals surface area contributed by atoms with E-state index < -0.39 is 5.97 Å². The Morgan fingerprint density at radius 3 is 2.57 bits per heavy atom. The van der Waals surface area contributed by atoms with Crippen LogP contribution in [0.15, 0.2) is 76.6 Å². The van der Waals surface area contributed by atoms with Gasteiger partial charge >= 0.3 is 5.97 Å². The number of benzene rings is 3. The van der Waals surface area contributed by atoms with Gasteiger partial charge in [-0.3, -0.25) is 4.79 Å². The highest BCUT2D eigenvalue weighted by atomic mass is 32.2. The first-order chi connectivity index (χ1) is 13.5. The van der Waals surface area contributed by atoms with Gasteiger partial charge in [-0.05, 0) is 46.3 Å². The van der Waals surface area contributed by atoms with Gasteiger partial charge in [-0.2, -0.15) is 4.99 Å². The van der Waals surface area contributed by atoms with E-state index in [9.17, 15) is 14.7 Å². The van der Waals surface area contributed by atoms with Gasteiger partial charge in [0.1, 0.15) is 0 Å². The van der Waals surface area contributed by atoms with Gasteiger partial charge in [0.15, 0.2) is 5.17 Å². The topological polar surface area (TPSA) is 70.0 Å². The number of hydrogen-bond donors (Lipinski definition) is 1. The van der Waals surface area contributed by atoms with E-state index in [0.717, 1.165) is 16.3 Å². The van der Waals surface area contributed by atoms with E-state index in [4.69, 9.17) is 0 Å². The number of amides is 1. The maximum absolute atomic E-state index is 12.5. The Hall–Kier alpha value is -3.38. The summed E-state index contributed by atoms with van der Waals surface area (Å²) in [6, 6.07) is 20.6. The van der Waals surface area contributed by atoms with Crippen LogP contribution in [0.4, 0.5) is 5.69 Å². The number of carboxylic acids is 1. The van der Waals surface area contributed by atoms with Crippen LogP contribution in [-0.4, -0.2) is 29.2 Å². The van der Waals surface area contributed by atoms with Crippen LogP contribution in [0.5, 0.6) is 0 Å². The van der Waals surface area contributed by atoms with Crippen molar-refractivity contribution in [2.75, 3.05) is 11.9 Å². The molecule has 6 heteroatoms. The summed E-state index contributed by atoms with van der Waals surface area (Å²) in [6.45, 7) is 0. The molecule has 0 aliphatic carbocycles. The highest BCUT2D eigenvalue weighted by molar-refractivity contribution is 8.18. The highest BCUT2D eigenvalue weighted by Gasteiger charge is 2.27. The fraction of sp³-hybridized carbons (Fsp3) is 0.0455. The summed E-state index contributed by atoms with van der Waals surface area (Å²) in [5.74, 6) is -1.35. The molecule has 4 rings (SSSR count). The summed E-state index contributed by atoms with van der Waals surface area (Å²) in [6.07, 6.45) is 1.84. The largest absolute Gasteiger partial charge is 0.478 e. The first kappa shape index (κ1) is 18.0. The molecule has 0 unspecified atom stereocenters. The molecule has 1 aliphatic rings. The Kier molecular flexibility index (Phi) is 4.71. The maximum atomic E-state index is 12.5. The Balaban J connectivity index is 1.66. The molecule has 3 aromatic carbocycles. The van der Waals surface area contributed by atoms with Crippen LogP contribution < -0.4 is 4.90 Å². The Labute approximate surface area is 166 Å². The molecule has 138 valence electrons. The summed E-state index contributed by atoms with van der Waals surface area (Å²) in [5.41, 5.74) is 1.59. The lowest BCUT2D eigenvalue weighted by Gasteiger charge is -2.19. The third-order valence-electron chi connectivity index (χ3n) is 4.50. The molecular weight excluding hydrogens is 372 g/mol. The average Bonchev–Trinajstić information content (AvgIpc) is 3.08. The minimum Gasteiger partial charge on any atom is -0.478 e. The maximum Gasteiger partial charge on any atom is 0.337 e. The van der Waals surface area contributed by atoms with Crippen molar-refractivity contribution in [1.29, 1.82) is 0 Å². The van der Waals surface area contributed by atoms with Crippen LogP contribution in [0.1, 0.15) is 15.9 Å². The minimum atomic E-state index is -1.02. The fourth-order valence-corrected chi connectivity index (χ4v) is 3.99. The number of carboxylic acid groups (broad SMARTS) is 1. The van der Waals surface area contributed by atoms with Gasteiger partial charge in [-0.1, -0.05) is 54.6 Å². The van der Waals surface area contributed by atoms with E-state index in [2.05, 4.69) is 4.99 Å². The molecule has 0 fully saturated rings. The van der Waals surface area contributed by atoms with Crippen LogP contribution in [0.3, 0.4) is 0 Å². The van der Waals surface area contributed by atoms with Crippen LogP contribution >= 0.6 is 11.8 Å². The predicted octanol–water partition coefficient (Wildman–Crippen LogP) is 4.64.